The summed E-state index contributed by atoms with van der Waals surface area (Å²) in [5.74, 6) is -0.126. The molecule has 0 radical (unpaired) electrons. The number of imidazole rings is 1. The first-order valence-corrected chi connectivity index (χ1v) is 9.44. The summed E-state index contributed by atoms with van der Waals surface area (Å²) in [6.07, 6.45) is 4.55. The third kappa shape index (κ3) is 2.43. The van der Waals surface area contributed by atoms with Crippen LogP contribution in [0.2, 0.25) is 0 Å². The zero-order valence-electron chi connectivity index (χ0n) is 17.0. The fraction of sp³-hybridized carbons (Fsp3) is 0.136. The number of nitrogens with zero attached hydrogens (tertiary/aromatic N) is 4. The number of benzene rings is 2. The summed E-state index contributed by atoms with van der Waals surface area (Å²) < 4.78 is 29.7. The Bertz CT molecular complexity index is 1640. The Hall–Kier alpha value is -4.14. The molecular weight excluding hydrogens is 401 g/mol. The van der Waals surface area contributed by atoms with Gasteiger partial charge in [-0.15, -0.1) is 0 Å². The number of methoxy groups -OCH3 is 1. The smallest absolute Gasteiger partial charge is 0.333 e. The normalized spacial score (nSPS) is 12.8. The molecule has 0 aliphatic carbocycles. The van der Waals surface area contributed by atoms with Crippen molar-refractivity contribution >= 4 is 50.4 Å². The van der Waals surface area contributed by atoms with Crippen molar-refractivity contribution < 1.29 is 13.5 Å². The van der Waals surface area contributed by atoms with Gasteiger partial charge >= 0.3 is 5.69 Å². The molecule has 0 bridgehead atoms. The van der Waals surface area contributed by atoms with Crippen molar-refractivity contribution in [3.8, 4) is 5.75 Å². The van der Waals surface area contributed by atoms with E-state index in [4.69, 9.17) is 14.9 Å². The van der Waals surface area contributed by atoms with Crippen LogP contribution in [0.3, 0.4) is 0 Å². The lowest BCUT2D eigenvalue weighted by Gasteiger charge is -2.12. The van der Waals surface area contributed by atoms with Gasteiger partial charge in [-0.3, -0.25) is 18.9 Å². The Morgan fingerprint density at radius 2 is 2.16 bits per heavy atom. The van der Waals surface area contributed by atoms with Gasteiger partial charge in [-0.25, -0.2) is 9.18 Å². The molecule has 2 N–H and O–H groups in total. The lowest BCUT2D eigenvalue weighted by molar-refractivity contribution is 0.414. The highest BCUT2D eigenvalue weighted by Gasteiger charge is 2.24. The molecule has 156 valence electrons. The van der Waals surface area contributed by atoms with Crippen LogP contribution in [0.5, 0.6) is 5.75 Å². The van der Waals surface area contributed by atoms with Crippen LogP contribution < -0.4 is 16.2 Å². The molecule has 0 fully saturated rings. The molecule has 3 heterocycles. The van der Waals surface area contributed by atoms with E-state index in [0.29, 0.717) is 44.4 Å². The molecule has 0 unspecified atom stereocenters. The van der Waals surface area contributed by atoms with Crippen molar-refractivity contribution in [3.63, 3.8) is 0 Å². The van der Waals surface area contributed by atoms with Gasteiger partial charge in [-0.2, -0.15) is 0 Å². The topological polar surface area (TPSA) is 100 Å². The molecule has 0 aliphatic rings. The molecule has 0 aliphatic heterocycles. The molecule has 31 heavy (non-hydrogen) atoms. The minimum absolute atomic E-state index is 0.0363. The van der Waals surface area contributed by atoms with Gasteiger partial charge in [0.1, 0.15) is 11.3 Å². The first-order chi connectivity index (χ1) is 15.0. The van der Waals surface area contributed by atoms with Crippen LogP contribution in [0, 0.1) is 5.82 Å². The highest BCUT2D eigenvalue weighted by molar-refractivity contribution is 6.21. The third-order valence-corrected chi connectivity index (χ3v) is 5.43. The van der Waals surface area contributed by atoms with Crippen LogP contribution in [0.1, 0.15) is 5.56 Å². The lowest BCUT2D eigenvalue weighted by atomic mass is 10.0. The summed E-state index contributed by atoms with van der Waals surface area (Å²) in [5.41, 5.74) is 8.69. The number of halogens is 1. The fourth-order valence-electron chi connectivity index (χ4n) is 4.07. The van der Waals surface area contributed by atoms with Crippen molar-refractivity contribution in [1.82, 2.24) is 14.0 Å². The molecule has 0 amide bonds. The van der Waals surface area contributed by atoms with Gasteiger partial charge in [0.15, 0.2) is 17.0 Å². The second kappa shape index (κ2) is 6.69. The Balaban J connectivity index is 2.24. The van der Waals surface area contributed by atoms with Gasteiger partial charge in [0, 0.05) is 38.1 Å². The number of rotatable bonds is 3. The SMILES string of the molecule is CN=CC(=CN)c1c(OC)cc2ncc3c4c2c1oc1cccc(F)c1n4c(=O)n3C. The van der Waals surface area contributed by atoms with E-state index in [9.17, 15) is 4.79 Å². The van der Waals surface area contributed by atoms with Crippen molar-refractivity contribution in [2.45, 2.75) is 0 Å². The Kier molecular flexibility index (Phi) is 4.07. The van der Waals surface area contributed by atoms with Crippen LogP contribution in [-0.2, 0) is 7.05 Å². The van der Waals surface area contributed by atoms with Crippen molar-refractivity contribution in [3.05, 3.63) is 58.5 Å². The van der Waals surface area contributed by atoms with Crippen molar-refractivity contribution in [1.29, 1.82) is 0 Å². The fourth-order valence-corrected chi connectivity index (χ4v) is 4.07. The second-order valence-electron chi connectivity index (χ2n) is 7.04. The lowest BCUT2D eigenvalue weighted by Crippen LogP contribution is -2.17. The number of aryl methyl sites for hydroxylation is 1. The van der Waals surface area contributed by atoms with E-state index in [1.807, 2.05) is 0 Å². The summed E-state index contributed by atoms with van der Waals surface area (Å²) in [7, 11) is 4.77. The van der Waals surface area contributed by atoms with Crippen LogP contribution in [0.4, 0.5) is 4.39 Å². The van der Waals surface area contributed by atoms with Gasteiger partial charge in [0.05, 0.1) is 40.8 Å². The Morgan fingerprint density at radius 1 is 1.35 bits per heavy atom. The number of hydrogen-bond donors (Lipinski definition) is 1. The van der Waals surface area contributed by atoms with Gasteiger partial charge in [-0.1, -0.05) is 6.07 Å². The van der Waals surface area contributed by atoms with Crippen molar-refractivity contribution in [2.75, 3.05) is 14.2 Å². The number of aromatic nitrogens is 3. The molecule has 0 saturated carbocycles. The molecule has 3 aromatic heterocycles. The number of fused-ring (bicyclic) bond motifs is 2. The first-order valence-electron chi connectivity index (χ1n) is 9.44. The number of hydrogen-bond acceptors (Lipinski definition) is 6. The zero-order valence-corrected chi connectivity index (χ0v) is 17.0. The van der Waals surface area contributed by atoms with E-state index in [0.717, 1.165) is 0 Å². The summed E-state index contributed by atoms with van der Waals surface area (Å²) in [6.45, 7) is 0. The predicted octanol–water partition coefficient (Wildman–Crippen LogP) is 3.23. The van der Waals surface area contributed by atoms with E-state index in [2.05, 4.69) is 9.98 Å². The monoisotopic (exact) mass is 419 g/mol. The summed E-state index contributed by atoms with van der Waals surface area (Å²) >= 11 is 0. The Labute approximate surface area is 174 Å². The first kappa shape index (κ1) is 18.9. The minimum atomic E-state index is -0.580. The number of allylic oxidation sites excluding steroid dienone is 1. The minimum Gasteiger partial charge on any atom is -0.496 e. The molecule has 2 aromatic carbocycles. The highest BCUT2D eigenvalue weighted by atomic mass is 19.1. The molecule has 8 nitrogen and oxygen atoms in total. The predicted molar refractivity (Wildman–Crippen MR) is 118 cm³/mol. The van der Waals surface area contributed by atoms with E-state index in [1.165, 1.54) is 34.4 Å². The highest BCUT2D eigenvalue weighted by Crippen LogP contribution is 2.40. The van der Waals surface area contributed by atoms with E-state index in [1.54, 1.807) is 38.6 Å². The summed E-state index contributed by atoms with van der Waals surface area (Å²) in [4.78, 5) is 21.7. The maximum absolute atomic E-state index is 15.0. The van der Waals surface area contributed by atoms with E-state index in [-0.39, 0.29) is 11.1 Å². The molecular formula is C22H18FN5O3. The van der Waals surface area contributed by atoms with Gasteiger partial charge in [0.25, 0.3) is 0 Å². The number of nitrogens with two attached hydrogens (primary N) is 1. The van der Waals surface area contributed by atoms with Crippen LogP contribution in [-0.4, -0.2) is 34.3 Å². The van der Waals surface area contributed by atoms with Gasteiger partial charge < -0.3 is 14.9 Å². The second-order valence-corrected chi connectivity index (χ2v) is 7.04. The third-order valence-electron chi connectivity index (χ3n) is 5.43. The summed E-state index contributed by atoms with van der Waals surface area (Å²) in [5, 5.41) is 0.547. The number of aliphatic imine (C=N–C) groups is 1. The molecule has 0 atom stereocenters. The number of pyridine rings is 1. The average Bonchev–Trinajstić information content (AvgIpc) is 2.92. The van der Waals surface area contributed by atoms with Crippen molar-refractivity contribution in [2.24, 2.45) is 17.8 Å². The standard InChI is InChI=1S/C22H18FN5O3/c1-25-9-11(8-24)17-16(30-3)7-13-18-20-14(10-26-13)27(2)22(29)28(20)19-12(23)5-4-6-15(19)31-21(17)18/h4-10H,24H2,1-3H3. The zero-order chi connectivity index (χ0) is 21.9. The van der Waals surface area contributed by atoms with Gasteiger partial charge in [-0.05, 0) is 12.1 Å². The number of ether oxygens (including phenoxy) is 1. The number of para-hydroxylation sites is 1. The summed E-state index contributed by atoms with van der Waals surface area (Å²) in [6, 6.07) is 6.16. The van der Waals surface area contributed by atoms with E-state index < -0.39 is 11.5 Å². The van der Waals surface area contributed by atoms with Crippen LogP contribution >= 0.6 is 0 Å². The van der Waals surface area contributed by atoms with Crippen LogP contribution in [0.15, 0.2) is 50.9 Å². The average molecular weight is 419 g/mol. The largest absolute Gasteiger partial charge is 0.496 e. The molecule has 5 rings (SSSR count). The molecule has 9 heteroatoms. The molecule has 0 saturated heterocycles. The Morgan fingerprint density at radius 3 is 2.87 bits per heavy atom. The quantitative estimate of drug-likeness (QED) is 0.453. The van der Waals surface area contributed by atoms with Crippen LogP contribution in [0.25, 0.3) is 44.2 Å². The molecule has 5 aromatic rings. The molecule has 0 spiro atoms. The van der Waals surface area contributed by atoms with E-state index >= 15 is 4.39 Å². The maximum atomic E-state index is 15.0. The maximum Gasteiger partial charge on any atom is 0.333 e. The van der Waals surface area contributed by atoms with Gasteiger partial charge in [0.2, 0.25) is 0 Å².